The van der Waals surface area contributed by atoms with E-state index in [1.807, 2.05) is 48.2 Å². The summed E-state index contributed by atoms with van der Waals surface area (Å²) in [7, 11) is 0. The maximum absolute atomic E-state index is 14.4. The molecule has 2 N–H and O–H groups in total. The standard InChI is InChI=1S/C32H36FN5O2/c1-22-17-23(2)29(35-25-11-13-36(14-12-25)30-9-5-3-7-24(30)19-34)18-27(22)32(40)37-15-16-38(26(20-37)21-39)31-10-6-4-8-28(31)33/h3-10,17-18,25-26,35,39H,11-16,20-21H2,1-2H3. The second-order valence-corrected chi connectivity index (χ2v) is 10.7. The number of nitrogens with zero attached hydrogens (tertiary/aromatic N) is 4. The lowest BCUT2D eigenvalue weighted by Gasteiger charge is -2.42. The third-order valence-corrected chi connectivity index (χ3v) is 8.16. The maximum atomic E-state index is 14.4. The predicted octanol–water partition coefficient (Wildman–Crippen LogP) is 4.72. The number of carbonyl (C=O) groups is 1. The molecule has 3 aromatic carbocycles. The lowest BCUT2D eigenvalue weighted by molar-refractivity contribution is 0.0698. The molecule has 7 nitrogen and oxygen atoms in total. The van der Waals surface area contributed by atoms with Gasteiger partial charge < -0.3 is 25.1 Å². The molecule has 2 saturated heterocycles. The fourth-order valence-corrected chi connectivity index (χ4v) is 5.93. The van der Waals surface area contributed by atoms with Crippen LogP contribution in [0, 0.1) is 31.0 Å². The second kappa shape index (κ2) is 12.0. The van der Waals surface area contributed by atoms with Crippen LogP contribution in [0.2, 0.25) is 0 Å². The van der Waals surface area contributed by atoms with E-state index in [0.717, 1.165) is 48.4 Å². The summed E-state index contributed by atoms with van der Waals surface area (Å²) in [6.45, 7) is 6.75. The third-order valence-electron chi connectivity index (χ3n) is 8.16. The van der Waals surface area contributed by atoms with Gasteiger partial charge in [0, 0.05) is 50.0 Å². The van der Waals surface area contributed by atoms with Gasteiger partial charge in [-0.3, -0.25) is 4.79 Å². The van der Waals surface area contributed by atoms with Crippen LogP contribution in [0.15, 0.2) is 60.7 Å². The molecular weight excluding hydrogens is 505 g/mol. The number of aryl methyl sites for hydroxylation is 2. The van der Waals surface area contributed by atoms with Crippen LogP contribution in [0.4, 0.5) is 21.5 Å². The number of benzene rings is 3. The first-order valence-corrected chi connectivity index (χ1v) is 13.9. The summed E-state index contributed by atoms with van der Waals surface area (Å²) >= 11 is 0. The number of para-hydroxylation sites is 2. The van der Waals surface area contributed by atoms with Crippen LogP contribution >= 0.6 is 0 Å². The highest BCUT2D eigenvalue weighted by Gasteiger charge is 2.32. The van der Waals surface area contributed by atoms with Gasteiger partial charge in [0.15, 0.2) is 0 Å². The van der Waals surface area contributed by atoms with E-state index in [9.17, 15) is 19.6 Å². The molecule has 2 heterocycles. The molecule has 0 radical (unpaired) electrons. The Hall–Kier alpha value is -4.09. The number of nitrogens with one attached hydrogen (secondary N) is 1. The highest BCUT2D eigenvalue weighted by molar-refractivity contribution is 5.97. The zero-order valence-electron chi connectivity index (χ0n) is 23.1. The average Bonchev–Trinajstić information content (AvgIpc) is 2.98. The van der Waals surface area contributed by atoms with Crippen LogP contribution in [0.25, 0.3) is 0 Å². The fourth-order valence-electron chi connectivity index (χ4n) is 5.93. The van der Waals surface area contributed by atoms with Gasteiger partial charge in [0.2, 0.25) is 0 Å². The molecule has 0 aromatic heterocycles. The van der Waals surface area contributed by atoms with E-state index in [2.05, 4.69) is 23.2 Å². The van der Waals surface area contributed by atoms with E-state index in [-0.39, 0.29) is 30.4 Å². The van der Waals surface area contributed by atoms with Gasteiger partial charge in [-0.1, -0.05) is 30.3 Å². The highest BCUT2D eigenvalue weighted by Crippen LogP contribution is 2.29. The number of aliphatic hydroxyl groups is 1. The molecule has 8 heteroatoms. The van der Waals surface area contributed by atoms with Crippen molar-refractivity contribution in [1.82, 2.24) is 4.90 Å². The van der Waals surface area contributed by atoms with Crippen LogP contribution in [-0.4, -0.2) is 67.3 Å². The number of carbonyl (C=O) groups excluding carboxylic acids is 1. The first kappa shape index (κ1) is 27.5. The number of anilines is 3. The van der Waals surface area contributed by atoms with Gasteiger partial charge in [0.05, 0.1) is 29.6 Å². The number of nitriles is 1. The van der Waals surface area contributed by atoms with Crippen molar-refractivity contribution in [1.29, 1.82) is 5.26 Å². The lowest BCUT2D eigenvalue weighted by Crippen LogP contribution is -2.56. The minimum absolute atomic E-state index is 0.0740. The van der Waals surface area contributed by atoms with Crippen molar-refractivity contribution in [2.45, 2.75) is 38.8 Å². The first-order valence-electron chi connectivity index (χ1n) is 13.9. The second-order valence-electron chi connectivity index (χ2n) is 10.7. The molecular formula is C32H36FN5O2. The van der Waals surface area contributed by atoms with E-state index >= 15 is 0 Å². The molecule has 1 amide bonds. The van der Waals surface area contributed by atoms with Crippen molar-refractivity contribution in [2.75, 3.05) is 54.4 Å². The van der Waals surface area contributed by atoms with E-state index in [0.29, 0.717) is 36.4 Å². The zero-order chi connectivity index (χ0) is 28.2. The predicted molar refractivity (Wildman–Crippen MR) is 156 cm³/mol. The number of piperazine rings is 1. The minimum atomic E-state index is -0.380. The molecule has 2 aliphatic rings. The van der Waals surface area contributed by atoms with Crippen molar-refractivity contribution in [3.05, 3.63) is 88.7 Å². The van der Waals surface area contributed by atoms with Crippen molar-refractivity contribution in [3.8, 4) is 6.07 Å². The first-order chi connectivity index (χ1) is 19.4. The summed E-state index contributed by atoms with van der Waals surface area (Å²) in [6.07, 6.45) is 1.85. The number of hydrogen-bond donors (Lipinski definition) is 2. The Morgan fingerprint density at radius 2 is 1.70 bits per heavy atom. The summed E-state index contributed by atoms with van der Waals surface area (Å²) < 4.78 is 14.4. The SMILES string of the molecule is Cc1cc(C)c(C(=O)N2CCN(c3ccccc3F)C(CO)C2)cc1NC1CCN(c2ccccc2C#N)CC1. The van der Waals surface area contributed by atoms with Crippen molar-refractivity contribution < 1.29 is 14.3 Å². The van der Waals surface area contributed by atoms with Crippen LogP contribution in [0.5, 0.6) is 0 Å². The normalized spacial score (nSPS) is 18.0. The summed E-state index contributed by atoms with van der Waals surface area (Å²) in [4.78, 5) is 19.6. The molecule has 0 aliphatic carbocycles. The number of rotatable bonds is 6. The number of halogens is 1. The van der Waals surface area contributed by atoms with E-state index < -0.39 is 0 Å². The number of aliphatic hydroxyl groups excluding tert-OH is 1. The van der Waals surface area contributed by atoms with Gasteiger partial charge >= 0.3 is 0 Å². The molecule has 0 saturated carbocycles. The Bertz CT molecular complexity index is 1410. The Kier molecular flexibility index (Phi) is 8.22. The molecule has 0 spiro atoms. The lowest BCUT2D eigenvalue weighted by atomic mass is 9.99. The highest BCUT2D eigenvalue weighted by atomic mass is 19.1. The monoisotopic (exact) mass is 541 g/mol. The zero-order valence-corrected chi connectivity index (χ0v) is 23.1. The van der Waals surface area contributed by atoms with Gasteiger partial charge in [-0.2, -0.15) is 5.26 Å². The third kappa shape index (κ3) is 5.61. The molecule has 208 valence electrons. The van der Waals surface area contributed by atoms with Gasteiger partial charge in [-0.15, -0.1) is 0 Å². The fraction of sp³-hybridized carbons (Fsp3) is 0.375. The number of piperidine rings is 1. The largest absolute Gasteiger partial charge is 0.394 e. The summed E-state index contributed by atoms with van der Waals surface area (Å²) in [5.41, 5.74) is 5.73. The number of hydrogen-bond acceptors (Lipinski definition) is 6. The van der Waals surface area contributed by atoms with Gasteiger partial charge in [-0.05, 0) is 68.1 Å². The Labute approximate surface area is 235 Å². The minimum Gasteiger partial charge on any atom is -0.394 e. The smallest absolute Gasteiger partial charge is 0.254 e. The summed E-state index contributed by atoms with van der Waals surface area (Å²) in [5.74, 6) is -0.402. The van der Waals surface area contributed by atoms with Crippen LogP contribution in [0.3, 0.4) is 0 Å². The molecule has 3 aromatic rings. The molecule has 40 heavy (non-hydrogen) atoms. The van der Waals surface area contributed by atoms with Crippen LogP contribution in [0.1, 0.15) is 39.9 Å². The Morgan fingerprint density at radius 3 is 2.40 bits per heavy atom. The van der Waals surface area contributed by atoms with Crippen molar-refractivity contribution >= 4 is 23.0 Å². The quantitative estimate of drug-likeness (QED) is 0.470. The molecule has 2 aliphatic heterocycles. The van der Waals surface area contributed by atoms with E-state index in [4.69, 9.17) is 0 Å². The molecule has 2 fully saturated rings. The Morgan fingerprint density at radius 1 is 1.00 bits per heavy atom. The van der Waals surface area contributed by atoms with E-state index in [1.54, 1.807) is 23.1 Å². The maximum Gasteiger partial charge on any atom is 0.254 e. The van der Waals surface area contributed by atoms with Crippen LogP contribution < -0.4 is 15.1 Å². The molecule has 1 unspecified atom stereocenters. The number of amides is 1. The summed E-state index contributed by atoms with van der Waals surface area (Å²) in [5, 5.41) is 23.2. The van der Waals surface area contributed by atoms with E-state index in [1.165, 1.54) is 6.07 Å². The average molecular weight is 542 g/mol. The van der Waals surface area contributed by atoms with Gasteiger partial charge in [-0.25, -0.2) is 4.39 Å². The van der Waals surface area contributed by atoms with Gasteiger partial charge in [0.1, 0.15) is 11.9 Å². The molecule has 5 rings (SSSR count). The Balaban J connectivity index is 1.26. The molecule has 0 bridgehead atoms. The van der Waals surface area contributed by atoms with Gasteiger partial charge in [0.25, 0.3) is 5.91 Å². The van der Waals surface area contributed by atoms with Crippen LogP contribution in [-0.2, 0) is 0 Å². The topological polar surface area (TPSA) is 82.8 Å². The summed E-state index contributed by atoms with van der Waals surface area (Å²) in [6, 6.07) is 20.5. The van der Waals surface area contributed by atoms with Crippen molar-refractivity contribution in [2.24, 2.45) is 0 Å². The molecule has 1 atom stereocenters. The van der Waals surface area contributed by atoms with Crippen molar-refractivity contribution in [3.63, 3.8) is 0 Å².